The van der Waals surface area contributed by atoms with E-state index in [1.165, 1.54) is 17.2 Å². The molecule has 0 saturated carbocycles. The molecule has 0 aliphatic heterocycles. The lowest BCUT2D eigenvalue weighted by Crippen LogP contribution is -2.17. The van der Waals surface area contributed by atoms with E-state index in [4.69, 9.17) is 0 Å². The highest BCUT2D eigenvalue weighted by Gasteiger charge is 2.10. The monoisotopic (exact) mass is 393 g/mol. The standard InChI is InChI=1S/C18H12BrN5O/c19-14-6-4-5-13(9-14)10-21-23-12-20-17-16(18(23)25)11-22-24(17)15-7-2-1-3-8-15/h1-12H/b21-10-. The van der Waals surface area contributed by atoms with Crippen molar-refractivity contribution in [1.82, 2.24) is 19.4 Å². The van der Waals surface area contributed by atoms with Gasteiger partial charge in [0.2, 0.25) is 0 Å². The van der Waals surface area contributed by atoms with Crippen molar-refractivity contribution < 1.29 is 0 Å². The maximum Gasteiger partial charge on any atom is 0.285 e. The van der Waals surface area contributed by atoms with E-state index in [-0.39, 0.29) is 5.56 Å². The van der Waals surface area contributed by atoms with Gasteiger partial charge in [0, 0.05) is 4.47 Å². The van der Waals surface area contributed by atoms with Gasteiger partial charge in [-0.2, -0.15) is 14.9 Å². The van der Waals surface area contributed by atoms with Crippen molar-refractivity contribution in [2.75, 3.05) is 0 Å². The van der Waals surface area contributed by atoms with Gasteiger partial charge in [0.1, 0.15) is 11.7 Å². The summed E-state index contributed by atoms with van der Waals surface area (Å²) in [5, 5.41) is 8.90. The molecule has 4 rings (SSSR count). The molecule has 0 aliphatic rings. The Bertz CT molecular complexity index is 1130. The fraction of sp³-hybridized carbons (Fsp3) is 0. The number of aromatic nitrogens is 4. The van der Waals surface area contributed by atoms with E-state index in [2.05, 4.69) is 31.1 Å². The summed E-state index contributed by atoms with van der Waals surface area (Å²) < 4.78 is 3.79. The molecule has 0 bridgehead atoms. The van der Waals surface area contributed by atoms with Crippen LogP contribution in [0.25, 0.3) is 16.7 Å². The van der Waals surface area contributed by atoms with Crippen LogP contribution in [0.4, 0.5) is 0 Å². The Balaban J connectivity index is 1.76. The molecule has 122 valence electrons. The highest BCUT2D eigenvalue weighted by molar-refractivity contribution is 9.10. The van der Waals surface area contributed by atoms with Crippen LogP contribution in [0, 0.1) is 0 Å². The van der Waals surface area contributed by atoms with Crippen LogP contribution in [-0.2, 0) is 0 Å². The van der Waals surface area contributed by atoms with Gasteiger partial charge in [0.25, 0.3) is 5.56 Å². The highest BCUT2D eigenvalue weighted by Crippen LogP contribution is 2.13. The van der Waals surface area contributed by atoms with E-state index < -0.39 is 0 Å². The third-order valence-corrected chi connectivity index (χ3v) is 4.15. The second kappa shape index (κ2) is 6.45. The maximum atomic E-state index is 12.6. The molecule has 0 atom stereocenters. The van der Waals surface area contributed by atoms with Gasteiger partial charge in [-0.3, -0.25) is 4.79 Å². The van der Waals surface area contributed by atoms with Crippen LogP contribution in [0.2, 0.25) is 0 Å². The van der Waals surface area contributed by atoms with Crippen LogP contribution in [0.1, 0.15) is 5.56 Å². The van der Waals surface area contributed by atoms with Gasteiger partial charge >= 0.3 is 0 Å². The molecule has 2 aromatic heterocycles. The second-order valence-corrected chi connectivity index (χ2v) is 6.24. The molecule has 0 amide bonds. The molecule has 2 heterocycles. The van der Waals surface area contributed by atoms with Crippen molar-refractivity contribution in [3.05, 3.63) is 87.5 Å². The molecule has 0 radical (unpaired) electrons. The molecule has 6 nitrogen and oxygen atoms in total. The van der Waals surface area contributed by atoms with Crippen LogP contribution in [-0.4, -0.2) is 25.7 Å². The zero-order valence-electron chi connectivity index (χ0n) is 13.0. The zero-order valence-corrected chi connectivity index (χ0v) is 14.5. The van der Waals surface area contributed by atoms with Gasteiger partial charge in [-0.15, -0.1) is 0 Å². The van der Waals surface area contributed by atoms with Crippen LogP contribution in [0.15, 0.2) is 81.5 Å². The van der Waals surface area contributed by atoms with Crippen LogP contribution >= 0.6 is 15.9 Å². The zero-order chi connectivity index (χ0) is 17.2. The first-order valence-corrected chi connectivity index (χ1v) is 8.32. The third kappa shape index (κ3) is 3.01. The predicted molar refractivity (Wildman–Crippen MR) is 100 cm³/mol. The summed E-state index contributed by atoms with van der Waals surface area (Å²) in [6, 6.07) is 17.2. The van der Waals surface area contributed by atoms with Gasteiger partial charge in [-0.25, -0.2) is 9.67 Å². The van der Waals surface area contributed by atoms with E-state index in [0.717, 1.165) is 15.7 Å². The van der Waals surface area contributed by atoms with Crippen molar-refractivity contribution >= 4 is 33.2 Å². The first-order chi connectivity index (χ1) is 12.2. The molecule has 0 aliphatic carbocycles. The minimum Gasteiger partial charge on any atom is -0.266 e. The number of nitrogens with zero attached hydrogens (tertiary/aromatic N) is 5. The lowest BCUT2D eigenvalue weighted by molar-refractivity contribution is 0.809. The molecule has 7 heteroatoms. The van der Waals surface area contributed by atoms with Crippen molar-refractivity contribution in [1.29, 1.82) is 0 Å². The Kier molecular flexibility index (Phi) is 3.99. The molecule has 0 saturated heterocycles. The Morgan fingerprint density at radius 2 is 1.92 bits per heavy atom. The molecule has 0 fully saturated rings. The number of hydrogen-bond acceptors (Lipinski definition) is 4. The van der Waals surface area contributed by atoms with Crippen molar-refractivity contribution in [2.24, 2.45) is 5.10 Å². The quantitative estimate of drug-likeness (QED) is 0.502. The Morgan fingerprint density at radius 1 is 1.08 bits per heavy atom. The number of hydrogen-bond donors (Lipinski definition) is 0. The SMILES string of the molecule is O=c1c2cnn(-c3ccccc3)c2ncn1/N=C\c1cccc(Br)c1. The lowest BCUT2D eigenvalue weighted by atomic mass is 10.2. The maximum absolute atomic E-state index is 12.6. The van der Waals surface area contributed by atoms with Gasteiger partial charge in [0.15, 0.2) is 5.65 Å². The van der Waals surface area contributed by atoms with Crippen molar-refractivity contribution in [3.8, 4) is 5.69 Å². The number of benzene rings is 2. The summed E-state index contributed by atoms with van der Waals surface area (Å²) in [7, 11) is 0. The first-order valence-electron chi connectivity index (χ1n) is 7.53. The van der Waals surface area contributed by atoms with E-state index in [1.54, 1.807) is 10.9 Å². The lowest BCUT2D eigenvalue weighted by Gasteiger charge is -2.02. The molecule has 0 N–H and O–H groups in total. The van der Waals surface area contributed by atoms with Gasteiger partial charge in [-0.05, 0) is 29.8 Å². The topological polar surface area (TPSA) is 65.1 Å². The van der Waals surface area contributed by atoms with Crippen LogP contribution in [0.3, 0.4) is 0 Å². The Labute approximate surface area is 151 Å². The van der Waals surface area contributed by atoms with Crippen LogP contribution in [0.5, 0.6) is 0 Å². The number of halogens is 1. The average molecular weight is 394 g/mol. The number of rotatable bonds is 3. The Morgan fingerprint density at radius 3 is 2.72 bits per heavy atom. The molecule has 4 aromatic rings. The van der Waals surface area contributed by atoms with E-state index in [1.807, 2.05) is 54.6 Å². The van der Waals surface area contributed by atoms with E-state index in [0.29, 0.717) is 11.0 Å². The Hall–Kier alpha value is -3.06. The number of fused-ring (bicyclic) bond motifs is 1. The van der Waals surface area contributed by atoms with Gasteiger partial charge < -0.3 is 0 Å². The summed E-state index contributed by atoms with van der Waals surface area (Å²) in [5.74, 6) is 0. The first kappa shape index (κ1) is 15.5. The molecule has 0 unspecified atom stereocenters. The molecule has 0 spiro atoms. The normalized spacial score (nSPS) is 11.4. The summed E-state index contributed by atoms with van der Waals surface area (Å²) >= 11 is 3.41. The fourth-order valence-corrected chi connectivity index (χ4v) is 2.88. The van der Waals surface area contributed by atoms with Crippen LogP contribution < -0.4 is 5.56 Å². The van der Waals surface area contributed by atoms with E-state index >= 15 is 0 Å². The second-order valence-electron chi connectivity index (χ2n) is 5.32. The molecular formula is C18H12BrN5O. The predicted octanol–water partition coefficient (Wildman–Crippen LogP) is 3.23. The molecule has 25 heavy (non-hydrogen) atoms. The summed E-state index contributed by atoms with van der Waals surface area (Å²) in [4.78, 5) is 17.0. The summed E-state index contributed by atoms with van der Waals surface area (Å²) in [6.45, 7) is 0. The average Bonchev–Trinajstić information content (AvgIpc) is 3.07. The smallest absolute Gasteiger partial charge is 0.266 e. The minimum absolute atomic E-state index is 0.265. The van der Waals surface area contributed by atoms with Crippen molar-refractivity contribution in [3.63, 3.8) is 0 Å². The van der Waals surface area contributed by atoms with E-state index in [9.17, 15) is 4.79 Å². The summed E-state index contributed by atoms with van der Waals surface area (Å²) in [5.41, 5.74) is 1.96. The third-order valence-electron chi connectivity index (χ3n) is 3.65. The largest absolute Gasteiger partial charge is 0.285 e. The minimum atomic E-state index is -0.265. The molecular weight excluding hydrogens is 382 g/mol. The summed E-state index contributed by atoms with van der Waals surface area (Å²) in [6.07, 6.45) is 4.53. The highest BCUT2D eigenvalue weighted by atomic mass is 79.9. The molecule has 2 aromatic carbocycles. The van der Waals surface area contributed by atoms with Gasteiger partial charge in [0.05, 0.1) is 18.1 Å². The van der Waals surface area contributed by atoms with Crippen molar-refractivity contribution in [2.45, 2.75) is 0 Å². The number of para-hydroxylation sites is 1. The van der Waals surface area contributed by atoms with Gasteiger partial charge in [-0.1, -0.05) is 46.3 Å². The fourth-order valence-electron chi connectivity index (χ4n) is 2.46.